The number of hydrazone groups is 1. The summed E-state index contributed by atoms with van der Waals surface area (Å²) in [5.41, 5.74) is 2.29. The van der Waals surface area contributed by atoms with Crippen LogP contribution in [0.4, 0.5) is 8.78 Å². The number of nitrogens with zero attached hydrogens (tertiary/aromatic N) is 2. The second-order valence-corrected chi connectivity index (χ2v) is 7.52. The van der Waals surface area contributed by atoms with Crippen LogP contribution in [0.15, 0.2) is 47.6 Å². The monoisotopic (exact) mass is 358 g/mol. The summed E-state index contributed by atoms with van der Waals surface area (Å²) in [4.78, 5) is 11.6. The zero-order valence-corrected chi connectivity index (χ0v) is 14.4. The van der Waals surface area contributed by atoms with Gasteiger partial charge in [0.2, 0.25) is 5.91 Å². The van der Waals surface area contributed by atoms with Crippen LogP contribution in [0.25, 0.3) is 0 Å². The molecular formula is C19H16F2N2OS. The Morgan fingerprint density at radius 2 is 2.04 bits per heavy atom. The molecule has 1 atom stereocenters. The largest absolute Gasteiger partial charge is 0.273 e. The van der Waals surface area contributed by atoms with E-state index in [1.165, 1.54) is 29.3 Å². The number of halogens is 2. The van der Waals surface area contributed by atoms with E-state index >= 15 is 0 Å². The highest BCUT2D eigenvalue weighted by atomic mass is 32.2. The van der Waals surface area contributed by atoms with Gasteiger partial charge in [-0.05, 0) is 48.6 Å². The average molecular weight is 358 g/mol. The van der Waals surface area contributed by atoms with Crippen LogP contribution in [-0.4, -0.2) is 16.0 Å². The third-order valence-corrected chi connectivity index (χ3v) is 6.09. The third kappa shape index (κ3) is 2.56. The van der Waals surface area contributed by atoms with Gasteiger partial charge in [0.1, 0.15) is 21.5 Å². The first-order chi connectivity index (χ1) is 12.0. The van der Waals surface area contributed by atoms with Crippen molar-refractivity contribution in [3.63, 3.8) is 0 Å². The third-order valence-electron chi connectivity index (χ3n) is 4.66. The number of rotatable bonds is 1. The van der Waals surface area contributed by atoms with Crippen molar-refractivity contribution >= 4 is 22.7 Å². The van der Waals surface area contributed by atoms with E-state index in [2.05, 4.69) is 11.2 Å². The van der Waals surface area contributed by atoms with E-state index in [9.17, 15) is 13.6 Å². The van der Waals surface area contributed by atoms with Crippen LogP contribution in [-0.2, 0) is 16.1 Å². The number of thioether (sulfide) groups is 1. The SMILES string of the molecule is CC(=O)N1N=C(c2cc(F)ccc2F)S[C@]12CCCc1ccccc12. The van der Waals surface area contributed by atoms with Crippen LogP contribution < -0.4 is 0 Å². The lowest BCUT2D eigenvalue weighted by Crippen LogP contribution is -2.42. The van der Waals surface area contributed by atoms with Gasteiger partial charge in [0.05, 0.1) is 0 Å². The fraction of sp³-hybridized carbons (Fsp3) is 0.263. The molecular weight excluding hydrogens is 342 g/mol. The summed E-state index contributed by atoms with van der Waals surface area (Å²) < 4.78 is 27.9. The second-order valence-electron chi connectivity index (χ2n) is 6.26. The maximum Gasteiger partial charge on any atom is 0.241 e. The van der Waals surface area contributed by atoms with Gasteiger partial charge in [0.25, 0.3) is 0 Å². The number of hydrogen-bond acceptors (Lipinski definition) is 3. The Balaban J connectivity index is 1.85. The van der Waals surface area contributed by atoms with E-state index in [1.54, 1.807) is 0 Å². The molecule has 2 aromatic rings. The van der Waals surface area contributed by atoms with E-state index in [4.69, 9.17) is 0 Å². The molecule has 0 saturated carbocycles. The highest BCUT2D eigenvalue weighted by Gasteiger charge is 2.50. The Hall–Kier alpha value is -2.21. The number of carbonyl (C=O) groups is 1. The first kappa shape index (κ1) is 16.3. The molecule has 3 nitrogen and oxygen atoms in total. The van der Waals surface area contributed by atoms with Crippen molar-refractivity contribution in [3.8, 4) is 0 Å². The average Bonchev–Trinajstić information content (AvgIpc) is 2.98. The van der Waals surface area contributed by atoms with Gasteiger partial charge in [0.15, 0.2) is 0 Å². The molecule has 1 aliphatic heterocycles. The number of benzene rings is 2. The molecule has 6 heteroatoms. The Morgan fingerprint density at radius 3 is 2.84 bits per heavy atom. The van der Waals surface area contributed by atoms with Gasteiger partial charge in [0, 0.05) is 12.5 Å². The van der Waals surface area contributed by atoms with Crippen molar-refractivity contribution in [1.82, 2.24) is 5.01 Å². The molecule has 1 amide bonds. The van der Waals surface area contributed by atoms with Crippen molar-refractivity contribution in [3.05, 3.63) is 70.8 Å². The Bertz CT molecular complexity index is 899. The summed E-state index contributed by atoms with van der Waals surface area (Å²) in [6, 6.07) is 11.3. The number of fused-ring (bicyclic) bond motifs is 2. The van der Waals surface area contributed by atoms with Crippen LogP contribution >= 0.6 is 11.8 Å². The molecule has 0 unspecified atom stereocenters. The van der Waals surface area contributed by atoms with E-state index in [0.717, 1.165) is 43.0 Å². The minimum absolute atomic E-state index is 0.0937. The topological polar surface area (TPSA) is 32.7 Å². The standard InChI is InChI=1S/C19H16F2N2OS/c1-12(24)23-19(10-4-6-13-5-2-3-7-16(13)19)25-18(22-23)15-11-14(20)8-9-17(15)21/h2-3,5,7-9,11H,4,6,10H2,1H3/t19-/m0/s1. The van der Waals surface area contributed by atoms with Crippen molar-refractivity contribution in [1.29, 1.82) is 0 Å². The fourth-order valence-corrected chi connectivity index (χ4v) is 5.11. The molecule has 2 aliphatic rings. The molecule has 1 heterocycles. The quantitative estimate of drug-likeness (QED) is 0.756. The predicted octanol–water partition coefficient (Wildman–Crippen LogP) is 4.41. The lowest BCUT2D eigenvalue weighted by Gasteiger charge is -2.39. The fourth-order valence-electron chi connectivity index (χ4n) is 3.59. The summed E-state index contributed by atoms with van der Waals surface area (Å²) in [6.07, 6.45) is 2.56. The van der Waals surface area contributed by atoms with E-state index in [1.807, 2.05) is 18.2 Å². The van der Waals surface area contributed by atoms with E-state index in [0.29, 0.717) is 5.04 Å². The number of amides is 1. The van der Waals surface area contributed by atoms with Crippen LogP contribution in [0.2, 0.25) is 0 Å². The lowest BCUT2D eigenvalue weighted by atomic mass is 9.86. The summed E-state index contributed by atoms with van der Waals surface area (Å²) in [6.45, 7) is 1.45. The predicted molar refractivity (Wildman–Crippen MR) is 94.1 cm³/mol. The first-order valence-electron chi connectivity index (χ1n) is 8.13. The second kappa shape index (κ2) is 5.95. The van der Waals surface area contributed by atoms with E-state index in [-0.39, 0.29) is 11.5 Å². The first-order valence-corrected chi connectivity index (χ1v) is 8.95. The van der Waals surface area contributed by atoms with Crippen molar-refractivity contribution in [2.75, 3.05) is 0 Å². The maximum atomic E-state index is 14.2. The molecule has 1 aliphatic carbocycles. The van der Waals surface area contributed by atoms with Crippen molar-refractivity contribution in [2.45, 2.75) is 31.1 Å². The van der Waals surface area contributed by atoms with Crippen LogP contribution in [0.3, 0.4) is 0 Å². The number of hydrogen-bond donors (Lipinski definition) is 0. The molecule has 1 spiro atoms. The molecule has 0 fully saturated rings. The normalized spacial score (nSPS) is 22.0. The lowest BCUT2D eigenvalue weighted by molar-refractivity contribution is -0.132. The minimum Gasteiger partial charge on any atom is -0.273 e. The zero-order valence-electron chi connectivity index (χ0n) is 13.6. The molecule has 0 aromatic heterocycles. The Morgan fingerprint density at radius 1 is 1.24 bits per heavy atom. The summed E-state index contributed by atoms with van der Waals surface area (Å²) in [5, 5.41) is 6.17. The highest BCUT2D eigenvalue weighted by molar-refractivity contribution is 8.15. The van der Waals surface area contributed by atoms with Crippen LogP contribution in [0.1, 0.15) is 36.5 Å². The Kier molecular flexibility index (Phi) is 3.87. The molecule has 0 saturated heterocycles. The van der Waals surface area contributed by atoms with Crippen molar-refractivity contribution in [2.24, 2.45) is 5.10 Å². The number of aryl methyl sites for hydroxylation is 1. The molecule has 4 rings (SSSR count). The van der Waals surface area contributed by atoms with Gasteiger partial charge in [-0.3, -0.25) is 4.79 Å². The molecule has 2 aromatic carbocycles. The summed E-state index contributed by atoms with van der Waals surface area (Å²) >= 11 is 1.34. The van der Waals surface area contributed by atoms with E-state index < -0.39 is 16.5 Å². The molecule has 0 N–H and O–H groups in total. The van der Waals surface area contributed by atoms with Crippen LogP contribution in [0.5, 0.6) is 0 Å². The maximum absolute atomic E-state index is 14.2. The Labute approximate surface area is 148 Å². The number of carbonyl (C=O) groups excluding carboxylic acids is 1. The van der Waals surface area contributed by atoms with Gasteiger partial charge >= 0.3 is 0 Å². The minimum atomic E-state index is -0.686. The summed E-state index contributed by atoms with van der Waals surface area (Å²) in [5.74, 6) is -1.28. The van der Waals surface area contributed by atoms with Gasteiger partial charge < -0.3 is 0 Å². The smallest absolute Gasteiger partial charge is 0.241 e. The van der Waals surface area contributed by atoms with Gasteiger partial charge in [-0.1, -0.05) is 36.0 Å². The highest BCUT2D eigenvalue weighted by Crippen LogP contribution is 2.53. The molecule has 0 bridgehead atoms. The van der Waals surface area contributed by atoms with Gasteiger partial charge in [-0.25, -0.2) is 13.8 Å². The molecule has 25 heavy (non-hydrogen) atoms. The van der Waals surface area contributed by atoms with Crippen LogP contribution in [0, 0.1) is 11.6 Å². The summed E-state index contributed by atoms with van der Waals surface area (Å²) in [7, 11) is 0. The van der Waals surface area contributed by atoms with Gasteiger partial charge in [-0.15, -0.1) is 0 Å². The zero-order chi connectivity index (χ0) is 17.6. The van der Waals surface area contributed by atoms with Crippen molar-refractivity contribution < 1.29 is 13.6 Å². The molecule has 128 valence electrons. The molecule has 0 radical (unpaired) electrons. The van der Waals surface area contributed by atoms with Gasteiger partial charge in [-0.2, -0.15) is 5.10 Å².